The van der Waals surface area contributed by atoms with Crippen molar-refractivity contribution in [3.63, 3.8) is 0 Å². The Labute approximate surface area is 141 Å². The van der Waals surface area contributed by atoms with Crippen LogP contribution in [0, 0.1) is 0 Å². The number of thiophene rings is 1. The summed E-state index contributed by atoms with van der Waals surface area (Å²) in [7, 11) is 0. The van der Waals surface area contributed by atoms with Gasteiger partial charge in [-0.25, -0.2) is 0 Å². The van der Waals surface area contributed by atoms with Crippen LogP contribution in [0.3, 0.4) is 0 Å². The lowest BCUT2D eigenvalue weighted by molar-refractivity contribution is 0.105. The summed E-state index contributed by atoms with van der Waals surface area (Å²) in [5.41, 5.74) is 0.761. The number of aromatic nitrogens is 2. The first kappa shape index (κ1) is 16.5. The predicted molar refractivity (Wildman–Crippen MR) is 92.3 cm³/mol. The molecule has 3 nitrogen and oxygen atoms in total. The number of hydrogen-bond acceptors (Lipinski definition) is 3. The van der Waals surface area contributed by atoms with Crippen molar-refractivity contribution >= 4 is 50.7 Å². The third-order valence-corrected chi connectivity index (χ3v) is 5.47. The van der Waals surface area contributed by atoms with Gasteiger partial charge >= 0.3 is 0 Å². The van der Waals surface area contributed by atoms with Crippen LogP contribution in [0.4, 0.5) is 0 Å². The Bertz CT molecular complexity index is 675. The van der Waals surface area contributed by atoms with Gasteiger partial charge in [0.15, 0.2) is 5.78 Å². The Hall–Kier alpha value is -0.910. The Morgan fingerprint density at radius 2 is 2.29 bits per heavy atom. The van der Waals surface area contributed by atoms with Crippen LogP contribution >= 0.6 is 38.9 Å². The number of allylic oxidation sites excluding steroid dienone is 1. The van der Waals surface area contributed by atoms with Gasteiger partial charge in [-0.3, -0.25) is 9.48 Å². The van der Waals surface area contributed by atoms with Crippen molar-refractivity contribution < 1.29 is 4.79 Å². The minimum atomic E-state index is -0.0111. The molecule has 112 valence electrons. The van der Waals surface area contributed by atoms with E-state index in [1.165, 1.54) is 4.88 Å². The second-order valence-electron chi connectivity index (χ2n) is 4.52. The van der Waals surface area contributed by atoms with Crippen molar-refractivity contribution in [2.45, 2.75) is 33.2 Å². The number of rotatable bonds is 6. The second-order valence-corrected chi connectivity index (χ2v) is 6.92. The van der Waals surface area contributed by atoms with Crippen LogP contribution in [-0.4, -0.2) is 15.6 Å². The van der Waals surface area contributed by atoms with Crippen LogP contribution in [0.5, 0.6) is 0 Å². The maximum atomic E-state index is 12.3. The van der Waals surface area contributed by atoms with E-state index >= 15 is 0 Å². The van der Waals surface area contributed by atoms with Crippen molar-refractivity contribution in [3.8, 4) is 0 Å². The molecule has 0 unspecified atom stereocenters. The first-order valence-corrected chi connectivity index (χ1v) is 8.77. The Balaban J connectivity index is 2.19. The number of aryl methyl sites for hydroxylation is 2. The second kappa shape index (κ2) is 7.38. The van der Waals surface area contributed by atoms with Gasteiger partial charge in [0.25, 0.3) is 0 Å². The van der Waals surface area contributed by atoms with Gasteiger partial charge in [0, 0.05) is 15.9 Å². The number of halogens is 2. The highest BCUT2D eigenvalue weighted by atomic mass is 79.9. The molecule has 0 radical (unpaired) electrons. The van der Waals surface area contributed by atoms with Gasteiger partial charge in [-0.15, -0.1) is 11.3 Å². The topological polar surface area (TPSA) is 34.9 Å². The highest BCUT2D eigenvalue weighted by Crippen LogP contribution is 2.29. The third kappa shape index (κ3) is 3.84. The van der Waals surface area contributed by atoms with Crippen molar-refractivity contribution in [1.29, 1.82) is 0 Å². The number of carbonyl (C=O) groups is 1. The van der Waals surface area contributed by atoms with E-state index in [0.717, 1.165) is 27.9 Å². The van der Waals surface area contributed by atoms with E-state index in [1.807, 2.05) is 13.0 Å². The first-order valence-electron chi connectivity index (χ1n) is 6.78. The van der Waals surface area contributed by atoms with E-state index in [1.54, 1.807) is 34.4 Å². The lowest BCUT2D eigenvalue weighted by Crippen LogP contribution is -1.99. The molecule has 0 amide bonds. The third-order valence-electron chi connectivity index (χ3n) is 3.00. The van der Waals surface area contributed by atoms with Crippen molar-refractivity contribution in [3.05, 3.63) is 43.3 Å². The summed E-state index contributed by atoms with van der Waals surface area (Å²) in [5, 5.41) is 4.70. The van der Waals surface area contributed by atoms with Gasteiger partial charge in [0.1, 0.15) is 0 Å². The summed E-state index contributed by atoms with van der Waals surface area (Å²) < 4.78 is 2.78. The SMILES string of the molecule is CCCc1sc(C(=O)/C=C/c2c(Cl)cnn2CC)cc1Br. The normalized spacial score (nSPS) is 11.4. The number of nitrogens with zero attached hydrogens (tertiary/aromatic N) is 2. The van der Waals surface area contributed by atoms with Gasteiger partial charge in [-0.1, -0.05) is 24.9 Å². The molecule has 0 aliphatic heterocycles. The lowest BCUT2D eigenvalue weighted by Gasteiger charge is -1.99. The highest BCUT2D eigenvalue weighted by Gasteiger charge is 2.11. The van der Waals surface area contributed by atoms with E-state index in [-0.39, 0.29) is 5.78 Å². The Morgan fingerprint density at radius 1 is 1.52 bits per heavy atom. The average Bonchev–Trinajstić information content (AvgIpc) is 3.00. The van der Waals surface area contributed by atoms with Crippen LogP contribution in [0.15, 0.2) is 22.8 Å². The molecule has 0 atom stereocenters. The molecule has 0 aliphatic rings. The molecule has 6 heteroatoms. The van der Waals surface area contributed by atoms with Crippen molar-refractivity contribution in [1.82, 2.24) is 9.78 Å². The van der Waals surface area contributed by atoms with Crippen LogP contribution in [0.1, 0.15) is 40.5 Å². The summed E-state index contributed by atoms with van der Waals surface area (Å²) >= 11 is 11.1. The standard InChI is InChI=1S/C15H16BrClN2OS/c1-3-5-14-10(16)8-15(21-14)13(20)7-6-12-11(17)9-18-19(12)4-2/h6-9H,3-5H2,1-2H3/b7-6+. The Kier molecular flexibility index (Phi) is 5.79. The zero-order chi connectivity index (χ0) is 15.4. The smallest absolute Gasteiger partial charge is 0.195 e. The quantitative estimate of drug-likeness (QED) is 0.502. The lowest BCUT2D eigenvalue weighted by atomic mass is 10.2. The molecule has 0 fully saturated rings. The minimum Gasteiger partial charge on any atom is -0.288 e. The maximum Gasteiger partial charge on any atom is 0.195 e. The maximum absolute atomic E-state index is 12.3. The van der Waals surface area contributed by atoms with Crippen LogP contribution in [0.2, 0.25) is 5.02 Å². The molecule has 0 saturated heterocycles. The molecule has 0 saturated carbocycles. The largest absolute Gasteiger partial charge is 0.288 e. The van der Waals surface area contributed by atoms with E-state index in [4.69, 9.17) is 11.6 Å². The molecule has 21 heavy (non-hydrogen) atoms. The van der Waals surface area contributed by atoms with Crippen LogP contribution < -0.4 is 0 Å². The number of ketones is 1. The van der Waals surface area contributed by atoms with Crippen LogP contribution in [-0.2, 0) is 13.0 Å². The molecule has 0 aromatic carbocycles. The highest BCUT2D eigenvalue weighted by molar-refractivity contribution is 9.10. The van der Waals surface area contributed by atoms with Gasteiger partial charge in [0.2, 0.25) is 0 Å². The fourth-order valence-electron chi connectivity index (χ4n) is 1.95. The fourth-order valence-corrected chi connectivity index (χ4v) is 4.05. The van der Waals surface area contributed by atoms with E-state index < -0.39 is 0 Å². The summed E-state index contributed by atoms with van der Waals surface area (Å²) in [6.45, 7) is 4.82. The van der Waals surface area contributed by atoms with Gasteiger partial charge in [-0.2, -0.15) is 5.10 Å². The fraction of sp³-hybridized carbons (Fsp3) is 0.333. The molecule has 2 heterocycles. The minimum absolute atomic E-state index is 0.0111. The molecule has 2 aromatic heterocycles. The van der Waals surface area contributed by atoms with Gasteiger partial charge in [0.05, 0.1) is 21.8 Å². The monoisotopic (exact) mass is 386 g/mol. The molecule has 2 aromatic rings. The molecule has 2 rings (SSSR count). The molecular formula is C15H16BrClN2OS. The molecule has 0 spiro atoms. The van der Waals surface area contributed by atoms with E-state index in [0.29, 0.717) is 11.6 Å². The number of carbonyl (C=O) groups excluding carboxylic acids is 1. The van der Waals surface area contributed by atoms with Gasteiger partial charge in [-0.05, 0) is 47.5 Å². The first-order chi connectivity index (χ1) is 10.1. The van der Waals surface area contributed by atoms with Crippen molar-refractivity contribution in [2.75, 3.05) is 0 Å². The Morgan fingerprint density at radius 3 is 2.95 bits per heavy atom. The summed E-state index contributed by atoms with van der Waals surface area (Å²) in [4.78, 5) is 14.2. The van der Waals surface area contributed by atoms with Gasteiger partial charge < -0.3 is 0 Å². The molecular weight excluding hydrogens is 372 g/mol. The van der Waals surface area contributed by atoms with Crippen molar-refractivity contribution in [2.24, 2.45) is 0 Å². The number of hydrogen-bond donors (Lipinski definition) is 0. The van der Waals surface area contributed by atoms with Crippen LogP contribution in [0.25, 0.3) is 6.08 Å². The zero-order valence-electron chi connectivity index (χ0n) is 11.9. The summed E-state index contributed by atoms with van der Waals surface area (Å²) in [6.07, 6.45) is 6.93. The zero-order valence-corrected chi connectivity index (χ0v) is 15.1. The van der Waals surface area contributed by atoms with E-state index in [2.05, 4.69) is 28.0 Å². The summed E-state index contributed by atoms with van der Waals surface area (Å²) in [5.74, 6) is -0.0111. The predicted octanol–water partition coefficient (Wildman–Crippen LogP) is 5.23. The average molecular weight is 388 g/mol. The molecule has 0 N–H and O–H groups in total. The molecule has 0 aliphatic carbocycles. The van der Waals surface area contributed by atoms with E-state index in [9.17, 15) is 4.79 Å². The molecule has 0 bridgehead atoms. The summed E-state index contributed by atoms with van der Waals surface area (Å²) in [6, 6.07) is 1.89.